The molecule has 176 valence electrons. The lowest BCUT2D eigenvalue weighted by molar-refractivity contribution is 0.371. The first-order valence-corrected chi connectivity index (χ1v) is 11.4. The predicted molar refractivity (Wildman–Crippen MR) is 142 cm³/mol. The molecular weight excluding hydrogens is 439 g/mol. The molecule has 0 spiro atoms. The van der Waals surface area contributed by atoms with Crippen LogP contribution in [0.15, 0.2) is 59.4 Å². The summed E-state index contributed by atoms with van der Waals surface area (Å²) in [6, 6.07) is 17.2. The van der Waals surface area contributed by atoms with Crippen molar-refractivity contribution in [3.63, 3.8) is 0 Å². The van der Waals surface area contributed by atoms with Gasteiger partial charge in [0.25, 0.3) is 0 Å². The molecule has 7 heteroatoms. The Morgan fingerprint density at radius 3 is 2.54 bits per heavy atom. The number of methoxy groups -OCH3 is 1. The van der Waals surface area contributed by atoms with Gasteiger partial charge in [0, 0.05) is 10.9 Å². The fraction of sp³-hybridized carbons (Fsp3) is 0.214. The number of hydrogen-bond acceptors (Lipinski definition) is 5. The van der Waals surface area contributed by atoms with Crippen LogP contribution in [0.25, 0.3) is 22.2 Å². The van der Waals surface area contributed by atoms with Gasteiger partial charge in [-0.2, -0.15) is 4.98 Å². The topological polar surface area (TPSA) is 73.6 Å². The lowest BCUT2D eigenvalue weighted by atomic mass is 9.92. The Kier molecular flexibility index (Phi) is 6.84. The summed E-state index contributed by atoms with van der Waals surface area (Å²) in [7, 11) is 3.29. The molecule has 0 aliphatic heterocycles. The SMILES string of the molecule is Bc1cc(Cn2c(=O)nc(-c3ccc(C(C)C)cc3)c3cc(OCC#C)ccc32)cc(OC)c1O. The maximum atomic E-state index is 13.3. The quantitative estimate of drug-likeness (QED) is 0.335. The lowest BCUT2D eigenvalue weighted by Crippen LogP contribution is -2.25. The largest absolute Gasteiger partial charge is 0.505 e. The zero-order valence-electron chi connectivity index (χ0n) is 20.3. The minimum absolute atomic E-state index is 0.0853. The van der Waals surface area contributed by atoms with Crippen LogP contribution in [0.2, 0.25) is 0 Å². The Morgan fingerprint density at radius 1 is 1.14 bits per heavy atom. The van der Waals surface area contributed by atoms with Crippen LogP contribution < -0.4 is 20.6 Å². The molecule has 0 atom stereocenters. The number of aromatic nitrogens is 2. The highest BCUT2D eigenvalue weighted by atomic mass is 16.5. The van der Waals surface area contributed by atoms with Crippen LogP contribution in [0.5, 0.6) is 17.2 Å². The summed E-state index contributed by atoms with van der Waals surface area (Å²) in [5, 5.41) is 11.0. The molecule has 6 nitrogen and oxygen atoms in total. The van der Waals surface area contributed by atoms with Gasteiger partial charge in [0.1, 0.15) is 20.2 Å². The third kappa shape index (κ3) is 4.87. The van der Waals surface area contributed by atoms with E-state index in [-0.39, 0.29) is 24.6 Å². The van der Waals surface area contributed by atoms with Crippen molar-refractivity contribution in [3.05, 3.63) is 76.2 Å². The number of phenols is 1. The van der Waals surface area contributed by atoms with E-state index in [0.29, 0.717) is 34.1 Å². The molecular formula is C28H27BN2O4. The van der Waals surface area contributed by atoms with Gasteiger partial charge >= 0.3 is 5.69 Å². The maximum absolute atomic E-state index is 13.3. The lowest BCUT2D eigenvalue weighted by Gasteiger charge is -2.16. The Bertz CT molecular complexity index is 1480. The monoisotopic (exact) mass is 466 g/mol. The van der Waals surface area contributed by atoms with E-state index in [1.165, 1.54) is 12.7 Å². The molecule has 0 amide bonds. The van der Waals surface area contributed by atoms with Crippen molar-refractivity contribution in [1.82, 2.24) is 9.55 Å². The second-order valence-corrected chi connectivity index (χ2v) is 8.74. The first kappa shape index (κ1) is 24.0. The van der Waals surface area contributed by atoms with Gasteiger partial charge in [-0.15, -0.1) is 6.42 Å². The number of hydrogen-bond donors (Lipinski definition) is 1. The van der Waals surface area contributed by atoms with Crippen LogP contribution in [-0.4, -0.2) is 36.2 Å². The number of ether oxygens (including phenoxy) is 2. The summed E-state index contributed by atoms with van der Waals surface area (Å²) in [5.41, 5.74) is 4.46. The molecule has 0 saturated heterocycles. The third-order valence-corrected chi connectivity index (χ3v) is 6.01. The number of benzene rings is 3. The van der Waals surface area contributed by atoms with Crippen molar-refractivity contribution >= 4 is 24.2 Å². The average Bonchev–Trinajstić information content (AvgIpc) is 2.86. The van der Waals surface area contributed by atoms with E-state index in [1.54, 1.807) is 24.5 Å². The standard InChI is InChI=1S/C28H27BN2O4/c1-5-12-35-21-10-11-24-22(15-21)26(20-8-6-19(7-9-20)17(2)3)30-28(33)31(24)16-18-13-23(29)27(32)25(14-18)34-4/h1,6-11,13-15,17,32H,12,16,29H2,2-4H3. The number of fused-ring (bicyclic) bond motifs is 1. The molecule has 0 saturated carbocycles. The summed E-state index contributed by atoms with van der Waals surface area (Å²) in [4.78, 5) is 17.8. The summed E-state index contributed by atoms with van der Waals surface area (Å²) < 4.78 is 12.6. The molecule has 0 radical (unpaired) electrons. The van der Waals surface area contributed by atoms with Gasteiger partial charge in [-0.05, 0) is 46.8 Å². The van der Waals surface area contributed by atoms with Crippen LogP contribution in [0.1, 0.15) is 30.9 Å². The fourth-order valence-corrected chi connectivity index (χ4v) is 4.12. The summed E-state index contributed by atoms with van der Waals surface area (Å²) in [6.07, 6.45) is 5.36. The van der Waals surface area contributed by atoms with Gasteiger partial charge in [0.2, 0.25) is 0 Å². The second-order valence-electron chi connectivity index (χ2n) is 8.74. The molecule has 4 aromatic rings. The zero-order chi connectivity index (χ0) is 25.1. The Hall–Kier alpha value is -4.18. The number of aromatic hydroxyl groups is 1. The Morgan fingerprint density at radius 2 is 1.89 bits per heavy atom. The summed E-state index contributed by atoms with van der Waals surface area (Å²) in [6.45, 7) is 4.68. The van der Waals surface area contributed by atoms with E-state index >= 15 is 0 Å². The van der Waals surface area contributed by atoms with E-state index in [9.17, 15) is 9.90 Å². The van der Waals surface area contributed by atoms with Gasteiger partial charge in [-0.1, -0.05) is 50.1 Å². The molecule has 4 rings (SSSR count). The highest BCUT2D eigenvalue weighted by Crippen LogP contribution is 2.31. The van der Waals surface area contributed by atoms with Crippen LogP contribution in [0.3, 0.4) is 0 Å². The van der Waals surface area contributed by atoms with Crippen molar-refractivity contribution in [1.29, 1.82) is 0 Å². The smallest absolute Gasteiger partial charge is 0.348 e. The van der Waals surface area contributed by atoms with Crippen LogP contribution in [-0.2, 0) is 6.54 Å². The molecule has 0 fully saturated rings. The van der Waals surface area contributed by atoms with Gasteiger partial charge in [0.05, 0.1) is 24.9 Å². The molecule has 0 unspecified atom stereocenters. The second kappa shape index (κ2) is 9.98. The number of terminal acetylenes is 1. The highest BCUT2D eigenvalue weighted by molar-refractivity contribution is 6.34. The summed E-state index contributed by atoms with van der Waals surface area (Å²) >= 11 is 0. The first-order chi connectivity index (χ1) is 16.8. The van der Waals surface area contributed by atoms with E-state index in [4.69, 9.17) is 15.9 Å². The minimum atomic E-state index is -0.373. The molecule has 1 aromatic heterocycles. The van der Waals surface area contributed by atoms with Crippen LogP contribution in [0, 0.1) is 12.3 Å². The molecule has 3 aromatic carbocycles. The van der Waals surface area contributed by atoms with Crippen LogP contribution in [0.4, 0.5) is 0 Å². The van der Waals surface area contributed by atoms with Crippen molar-refractivity contribution in [3.8, 4) is 40.8 Å². The number of rotatable bonds is 7. The van der Waals surface area contributed by atoms with E-state index in [2.05, 4.69) is 36.9 Å². The van der Waals surface area contributed by atoms with E-state index in [1.807, 2.05) is 30.3 Å². The molecule has 35 heavy (non-hydrogen) atoms. The number of nitrogens with zero attached hydrogens (tertiary/aromatic N) is 2. The highest BCUT2D eigenvalue weighted by Gasteiger charge is 2.16. The van der Waals surface area contributed by atoms with Gasteiger partial charge in [0.15, 0.2) is 11.5 Å². The molecule has 1 heterocycles. The van der Waals surface area contributed by atoms with E-state index < -0.39 is 0 Å². The van der Waals surface area contributed by atoms with E-state index in [0.717, 1.165) is 16.5 Å². The molecule has 0 bridgehead atoms. The minimum Gasteiger partial charge on any atom is -0.505 e. The van der Waals surface area contributed by atoms with Gasteiger partial charge in [-0.25, -0.2) is 4.79 Å². The molecule has 0 aliphatic rings. The third-order valence-electron chi connectivity index (χ3n) is 6.01. The van der Waals surface area contributed by atoms with Crippen LogP contribution >= 0.6 is 0 Å². The predicted octanol–water partition coefficient (Wildman–Crippen LogP) is 3.22. The van der Waals surface area contributed by atoms with Crippen molar-refractivity contribution in [2.45, 2.75) is 26.3 Å². The normalized spacial score (nSPS) is 10.9. The molecule has 0 aliphatic carbocycles. The fourth-order valence-electron chi connectivity index (χ4n) is 4.12. The van der Waals surface area contributed by atoms with Crippen molar-refractivity contribution in [2.24, 2.45) is 0 Å². The maximum Gasteiger partial charge on any atom is 0.348 e. The Balaban J connectivity index is 1.89. The van der Waals surface area contributed by atoms with Gasteiger partial charge < -0.3 is 14.6 Å². The first-order valence-electron chi connectivity index (χ1n) is 11.4. The van der Waals surface area contributed by atoms with Crippen molar-refractivity contribution in [2.75, 3.05) is 13.7 Å². The zero-order valence-corrected chi connectivity index (χ0v) is 20.3. The summed E-state index contributed by atoms with van der Waals surface area (Å²) in [5.74, 6) is 3.92. The van der Waals surface area contributed by atoms with Gasteiger partial charge in [-0.3, -0.25) is 4.57 Å². The number of phenolic OH excluding ortho intramolecular Hbond substituents is 1. The average molecular weight is 466 g/mol. The molecule has 1 N–H and O–H groups in total. The van der Waals surface area contributed by atoms with Crippen molar-refractivity contribution < 1.29 is 14.6 Å². The Labute approximate surface area is 205 Å².